The van der Waals surface area contributed by atoms with Gasteiger partial charge in [0.05, 0.1) is 5.69 Å². The van der Waals surface area contributed by atoms with Gasteiger partial charge in [0.25, 0.3) is 5.91 Å². The van der Waals surface area contributed by atoms with Gasteiger partial charge in [0, 0.05) is 11.6 Å². The number of amides is 2. The summed E-state index contributed by atoms with van der Waals surface area (Å²) in [6, 6.07) is 10.4. The van der Waals surface area contributed by atoms with Crippen molar-refractivity contribution in [2.75, 3.05) is 4.90 Å². The van der Waals surface area contributed by atoms with Crippen LogP contribution in [0.15, 0.2) is 48.5 Å². The fourth-order valence-electron chi connectivity index (χ4n) is 3.94. The predicted molar refractivity (Wildman–Crippen MR) is 117 cm³/mol. The summed E-state index contributed by atoms with van der Waals surface area (Å²) < 4.78 is 27.8. The van der Waals surface area contributed by atoms with Crippen molar-refractivity contribution in [3.63, 3.8) is 0 Å². The van der Waals surface area contributed by atoms with Gasteiger partial charge in [-0.25, -0.2) is 8.78 Å². The Hall–Kier alpha value is -3.69. The molecule has 1 atom stereocenters. The average Bonchev–Trinajstić information content (AvgIpc) is 3.48. The van der Waals surface area contributed by atoms with Crippen LogP contribution in [0.5, 0.6) is 0 Å². The van der Waals surface area contributed by atoms with Crippen molar-refractivity contribution in [2.45, 2.75) is 51.2 Å². The number of rotatable bonds is 7. The number of para-hydroxylation sites is 1. The number of tetrazole rings is 1. The third-order valence-corrected chi connectivity index (χ3v) is 5.68. The zero-order valence-electron chi connectivity index (χ0n) is 18.1. The summed E-state index contributed by atoms with van der Waals surface area (Å²) in [5.74, 6) is -1.72. The molecule has 172 valence electrons. The molecular formula is C23H24F2N6O2. The largest absolute Gasteiger partial charge is 0.352 e. The lowest BCUT2D eigenvalue weighted by Crippen LogP contribution is -2.51. The Labute approximate surface area is 189 Å². The molecule has 10 heteroatoms. The second-order valence-electron chi connectivity index (χ2n) is 8.03. The van der Waals surface area contributed by atoms with Gasteiger partial charge in [0.15, 0.2) is 0 Å². The summed E-state index contributed by atoms with van der Waals surface area (Å²) in [4.78, 5) is 28.3. The maximum absolute atomic E-state index is 14.6. The van der Waals surface area contributed by atoms with Gasteiger partial charge in [-0.3, -0.25) is 14.5 Å². The molecule has 1 heterocycles. The Bertz CT molecular complexity index is 1130. The van der Waals surface area contributed by atoms with Crippen molar-refractivity contribution < 1.29 is 18.4 Å². The number of carbonyl (C=O) groups excluding carboxylic acids is 2. The number of hydrogen-bond acceptors (Lipinski definition) is 5. The van der Waals surface area contributed by atoms with E-state index in [1.807, 2.05) is 0 Å². The van der Waals surface area contributed by atoms with Crippen LogP contribution in [0.25, 0.3) is 11.4 Å². The molecular weight excluding hydrogens is 430 g/mol. The minimum Gasteiger partial charge on any atom is -0.352 e. The summed E-state index contributed by atoms with van der Waals surface area (Å²) in [6.07, 6.45) is 3.87. The average molecular weight is 454 g/mol. The van der Waals surface area contributed by atoms with E-state index in [1.165, 1.54) is 42.5 Å². The molecule has 0 bridgehead atoms. The number of anilines is 1. The van der Waals surface area contributed by atoms with Gasteiger partial charge in [-0.1, -0.05) is 25.0 Å². The molecule has 1 aromatic heterocycles. The molecule has 1 saturated carbocycles. The highest BCUT2D eigenvalue weighted by Crippen LogP contribution is 2.23. The Morgan fingerprint density at radius 2 is 1.82 bits per heavy atom. The quantitative estimate of drug-likeness (QED) is 0.592. The number of aromatic nitrogens is 4. The molecule has 0 unspecified atom stereocenters. The number of hydrogen-bond donors (Lipinski definition) is 1. The molecule has 1 aliphatic rings. The highest BCUT2D eigenvalue weighted by Gasteiger charge is 2.31. The maximum atomic E-state index is 14.6. The zero-order chi connectivity index (χ0) is 23.4. The molecule has 0 spiro atoms. The third kappa shape index (κ3) is 5.21. The van der Waals surface area contributed by atoms with E-state index in [9.17, 15) is 18.4 Å². The van der Waals surface area contributed by atoms with E-state index in [4.69, 9.17) is 0 Å². The minimum atomic E-state index is -0.949. The van der Waals surface area contributed by atoms with E-state index in [-0.39, 0.29) is 30.0 Å². The molecule has 0 aliphatic heterocycles. The number of nitrogens with one attached hydrogen (secondary N) is 1. The number of benzene rings is 2. The van der Waals surface area contributed by atoms with E-state index >= 15 is 0 Å². The monoisotopic (exact) mass is 454 g/mol. The molecule has 0 saturated heterocycles. The molecule has 4 rings (SSSR count). The normalized spacial score (nSPS) is 14.8. The van der Waals surface area contributed by atoms with Gasteiger partial charge in [-0.2, -0.15) is 4.80 Å². The van der Waals surface area contributed by atoms with Gasteiger partial charge < -0.3 is 5.32 Å². The molecule has 33 heavy (non-hydrogen) atoms. The first-order valence-electron chi connectivity index (χ1n) is 10.8. The smallest absolute Gasteiger partial charge is 0.251 e. The van der Waals surface area contributed by atoms with Crippen molar-refractivity contribution in [3.8, 4) is 11.4 Å². The highest BCUT2D eigenvalue weighted by atomic mass is 19.1. The van der Waals surface area contributed by atoms with Gasteiger partial charge in [-0.05, 0) is 61.4 Å². The van der Waals surface area contributed by atoms with Gasteiger partial charge in [-0.15, -0.1) is 10.2 Å². The fourth-order valence-corrected chi connectivity index (χ4v) is 3.94. The van der Waals surface area contributed by atoms with Crippen LogP contribution >= 0.6 is 0 Å². The van der Waals surface area contributed by atoms with Gasteiger partial charge in [0.2, 0.25) is 11.7 Å². The van der Waals surface area contributed by atoms with E-state index in [0.29, 0.717) is 5.56 Å². The van der Waals surface area contributed by atoms with E-state index in [0.717, 1.165) is 35.4 Å². The number of nitrogens with zero attached hydrogens (tertiary/aromatic N) is 5. The van der Waals surface area contributed by atoms with Crippen LogP contribution in [0.2, 0.25) is 0 Å². The Kier molecular flexibility index (Phi) is 6.71. The van der Waals surface area contributed by atoms with Crippen molar-refractivity contribution in [1.29, 1.82) is 0 Å². The molecule has 2 amide bonds. The lowest BCUT2D eigenvalue weighted by Gasteiger charge is -2.29. The number of halogens is 2. The van der Waals surface area contributed by atoms with Crippen molar-refractivity contribution in [2.24, 2.45) is 0 Å². The lowest BCUT2D eigenvalue weighted by molar-refractivity contribution is -0.127. The first-order chi connectivity index (χ1) is 15.9. The van der Waals surface area contributed by atoms with Gasteiger partial charge in [0.1, 0.15) is 24.2 Å². The first kappa shape index (κ1) is 22.5. The fraction of sp³-hybridized carbons (Fsp3) is 0.348. The standard InChI is InChI=1S/C23H24F2N6O2/c1-15(23(33)26-18-6-2-3-7-18)31(20-9-5-4-8-19(20)25)21(32)14-30-28-22(27-29-30)16-10-12-17(24)13-11-16/h4-5,8-13,15,18H,2-3,6-7,14H2,1H3,(H,26,33)/t15-/m0/s1. The van der Waals surface area contributed by atoms with Crippen molar-refractivity contribution in [3.05, 3.63) is 60.2 Å². The molecule has 1 N–H and O–H groups in total. The predicted octanol–water partition coefficient (Wildman–Crippen LogP) is 3.10. The first-order valence-corrected chi connectivity index (χ1v) is 10.8. The van der Waals surface area contributed by atoms with E-state index in [1.54, 1.807) is 13.0 Å². The molecule has 8 nitrogen and oxygen atoms in total. The second-order valence-corrected chi connectivity index (χ2v) is 8.03. The van der Waals surface area contributed by atoms with Crippen LogP contribution in [0.4, 0.5) is 14.5 Å². The van der Waals surface area contributed by atoms with Crippen LogP contribution in [0, 0.1) is 11.6 Å². The molecule has 1 aliphatic carbocycles. The summed E-state index contributed by atoms with van der Waals surface area (Å²) in [5.41, 5.74) is 0.529. The van der Waals surface area contributed by atoms with Crippen LogP contribution in [0.3, 0.4) is 0 Å². The summed E-state index contributed by atoms with van der Waals surface area (Å²) in [6.45, 7) is 1.21. The summed E-state index contributed by atoms with van der Waals surface area (Å²) >= 11 is 0. The third-order valence-electron chi connectivity index (χ3n) is 5.68. The van der Waals surface area contributed by atoms with Crippen LogP contribution in [-0.4, -0.2) is 44.1 Å². The van der Waals surface area contributed by atoms with Crippen molar-refractivity contribution >= 4 is 17.5 Å². The Morgan fingerprint density at radius 1 is 1.12 bits per heavy atom. The van der Waals surface area contributed by atoms with E-state index < -0.39 is 23.6 Å². The van der Waals surface area contributed by atoms with Gasteiger partial charge >= 0.3 is 0 Å². The van der Waals surface area contributed by atoms with Crippen molar-refractivity contribution in [1.82, 2.24) is 25.5 Å². The molecule has 0 radical (unpaired) electrons. The maximum Gasteiger partial charge on any atom is 0.251 e. The molecule has 1 fully saturated rings. The van der Waals surface area contributed by atoms with Crippen LogP contribution in [-0.2, 0) is 16.1 Å². The van der Waals surface area contributed by atoms with Crippen LogP contribution in [0.1, 0.15) is 32.6 Å². The second kappa shape index (κ2) is 9.85. The molecule has 3 aromatic rings. The SMILES string of the molecule is C[C@@H](C(=O)NC1CCCC1)N(C(=O)Cn1nnc(-c2ccc(F)cc2)n1)c1ccccc1F. The zero-order valence-corrected chi connectivity index (χ0v) is 18.1. The Morgan fingerprint density at radius 3 is 2.52 bits per heavy atom. The molecule has 2 aromatic carbocycles. The van der Waals surface area contributed by atoms with Crippen LogP contribution < -0.4 is 10.2 Å². The number of carbonyl (C=O) groups is 2. The minimum absolute atomic E-state index is 0.00422. The Balaban J connectivity index is 1.55. The summed E-state index contributed by atoms with van der Waals surface area (Å²) in [5, 5.41) is 14.9. The topological polar surface area (TPSA) is 93.0 Å². The lowest BCUT2D eigenvalue weighted by atomic mass is 10.1. The highest BCUT2D eigenvalue weighted by molar-refractivity contribution is 6.00. The summed E-state index contributed by atoms with van der Waals surface area (Å²) in [7, 11) is 0. The van der Waals surface area contributed by atoms with E-state index in [2.05, 4.69) is 20.7 Å².